The fraction of sp³-hybridized carbons (Fsp3) is 0.771. The first-order chi connectivity index (χ1) is 19.1. The minimum absolute atomic E-state index is 0.0198. The molecule has 0 aromatic heterocycles. The summed E-state index contributed by atoms with van der Waals surface area (Å²) in [7, 11) is 0. The Labute approximate surface area is 241 Å². The van der Waals surface area contributed by atoms with Crippen molar-refractivity contribution in [2.24, 2.45) is 0 Å². The molecule has 0 radical (unpaired) electrons. The Bertz CT molecular complexity index is 635. The van der Waals surface area contributed by atoms with E-state index in [9.17, 15) is 9.59 Å². The number of rotatable bonds is 29. The van der Waals surface area contributed by atoms with Gasteiger partial charge in [-0.1, -0.05) is 121 Å². The summed E-state index contributed by atoms with van der Waals surface area (Å²) in [4.78, 5) is 23.1. The van der Waals surface area contributed by atoms with Crippen LogP contribution >= 0.6 is 0 Å². The second kappa shape index (κ2) is 30.7. The molecule has 4 nitrogen and oxygen atoms in total. The number of esters is 1. The molecule has 0 rings (SSSR count). The molecular formula is C35H62O4. The third-order valence-electron chi connectivity index (χ3n) is 7.13. The first-order valence-electron chi connectivity index (χ1n) is 16.5. The average Bonchev–Trinajstić information content (AvgIpc) is 2.91. The van der Waals surface area contributed by atoms with Crippen LogP contribution in [0, 0.1) is 0 Å². The maximum absolute atomic E-state index is 12.5. The van der Waals surface area contributed by atoms with Gasteiger partial charge in [0.05, 0.1) is 0 Å². The van der Waals surface area contributed by atoms with E-state index in [0.29, 0.717) is 6.42 Å². The predicted molar refractivity (Wildman–Crippen MR) is 167 cm³/mol. The molecule has 0 aromatic rings. The third-order valence-corrected chi connectivity index (χ3v) is 7.13. The molecule has 226 valence electrons. The number of carboxylic acids is 1. The average molecular weight is 547 g/mol. The summed E-state index contributed by atoms with van der Waals surface area (Å²) < 4.78 is 5.92. The highest BCUT2D eigenvalue weighted by atomic mass is 16.5. The lowest BCUT2D eigenvalue weighted by Crippen LogP contribution is -2.18. The molecule has 1 N–H and O–H groups in total. The van der Waals surface area contributed by atoms with Gasteiger partial charge in [0.2, 0.25) is 0 Å². The fourth-order valence-electron chi connectivity index (χ4n) is 4.73. The van der Waals surface area contributed by atoms with Crippen LogP contribution in [-0.4, -0.2) is 23.1 Å². The number of allylic oxidation sites excluding steroid dienone is 6. The molecule has 0 saturated heterocycles. The second-order valence-corrected chi connectivity index (χ2v) is 11.0. The first kappa shape index (κ1) is 37.2. The van der Waals surface area contributed by atoms with Crippen molar-refractivity contribution >= 4 is 11.9 Å². The molecule has 0 spiro atoms. The van der Waals surface area contributed by atoms with Crippen molar-refractivity contribution in [2.45, 2.75) is 174 Å². The smallest absolute Gasteiger partial charge is 0.306 e. The quantitative estimate of drug-likeness (QED) is 0.0575. The van der Waals surface area contributed by atoms with Gasteiger partial charge in [-0.25, -0.2) is 0 Å². The van der Waals surface area contributed by atoms with E-state index in [0.717, 1.165) is 89.9 Å². The number of hydrogen-bond donors (Lipinski definition) is 1. The number of aliphatic carboxylic acids is 1. The normalized spacial score (nSPS) is 12.7. The molecule has 0 heterocycles. The summed E-state index contributed by atoms with van der Waals surface area (Å²) in [6.07, 6.45) is 38.7. The largest absolute Gasteiger partial charge is 0.481 e. The van der Waals surface area contributed by atoms with Crippen molar-refractivity contribution < 1.29 is 19.4 Å². The first-order valence-corrected chi connectivity index (χ1v) is 16.5. The zero-order chi connectivity index (χ0) is 28.7. The van der Waals surface area contributed by atoms with Crippen LogP contribution in [0.1, 0.15) is 168 Å². The van der Waals surface area contributed by atoms with Gasteiger partial charge in [0.15, 0.2) is 0 Å². The van der Waals surface area contributed by atoms with Gasteiger partial charge in [0.1, 0.15) is 6.10 Å². The van der Waals surface area contributed by atoms with Crippen LogP contribution < -0.4 is 0 Å². The zero-order valence-corrected chi connectivity index (χ0v) is 25.7. The maximum Gasteiger partial charge on any atom is 0.306 e. The second-order valence-electron chi connectivity index (χ2n) is 11.0. The van der Waals surface area contributed by atoms with Gasteiger partial charge in [-0.15, -0.1) is 0 Å². The lowest BCUT2D eigenvalue weighted by Gasteiger charge is -2.18. The van der Waals surface area contributed by atoms with E-state index in [2.05, 4.69) is 50.3 Å². The molecule has 0 aliphatic carbocycles. The molecule has 0 aromatic carbocycles. The number of unbranched alkanes of at least 4 members (excludes halogenated alkanes) is 14. The van der Waals surface area contributed by atoms with E-state index in [4.69, 9.17) is 9.84 Å². The summed E-state index contributed by atoms with van der Waals surface area (Å²) in [5.41, 5.74) is 0. The van der Waals surface area contributed by atoms with E-state index in [1.807, 2.05) is 0 Å². The number of ether oxygens (including phenoxy) is 1. The SMILES string of the molecule is CC/C=C\C/C=C\C/C=C\CCCCCCCC(=O)OC(CCCCCCCC)CCCCCCCC(=O)O. The molecule has 39 heavy (non-hydrogen) atoms. The van der Waals surface area contributed by atoms with Crippen molar-refractivity contribution in [3.63, 3.8) is 0 Å². The zero-order valence-electron chi connectivity index (χ0n) is 25.7. The lowest BCUT2D eigenvalue weighted by molar-refractivity contribution is -0.150. The third kappa shape index (κ3) is 30.6. The Morgan fingerprint density at radius 2 is 1.08 bits per heavy atom. The number of carboxylic acid groups (broad SMARTS) is 1. The standard InChI is InChI=1S/C35H62O4/c1-3-5-7-9-11-12-13-14-15-16-17-18-19-24-28-32-35(38)39-33(29-25-21-10-8-6-4-2)30-26-22-20-23-27-31-34(36)37/h5,7,11-12,14-15,33H,3-4,6,8-10,13,16-32H2,1-2H3,(H,36,37)/b7-5-,12-11-,15-14-. The van der Waals surface area contributed by atoms with Crippen LogP contribution in [0.5, 0.6) is 0 Å². The molecule has 0 aliphatic rings. The van der Waals surface area contributed by atoms with E-state index >= 15 is 0 Å². The summed E-state index contributed by atoms with van der Waals surface area (Å²) in [5, 5.41) is 8.75. The highest BCUT2D eigenvalue weighted by Gasteiger charge is 2.14. The van der Waals surface area contributed by atoms with Crippen LogP contribution in [0.15, 0.2) is 36.5 Å². The Morgan fingerprint density at radius 3 is 1.67 bits per heavy atom. The van der Waals surface area contributed by atoms with Crippen LogP contribution in [0.4, 0.5) is 0 Å². The van der Waals surface area contributed by atoms with Crippen LogP contribution in [0.2, 0.25) is 0 Å². The van der Waals surface area contributed by atoms with Crippen LogP contribution in [-0.2, 0) is 14.3 Å². The van der Waals surface area contributed by atoms with Gasteiger partial charge in [0, 0.05) is 12.8 Å². The molecule has 0 aliphatic heterocycles. The Balaban J connectivity index is 3.98. The number of hydrogen-bond acceptors (Lipinski definition) is 3. The molecule has 0 amide bonds. The van der Waals surface area contributed by atoms with E-state index in [1.165, 1.54) is 51.4 Å². The van der Waals surface area contributed by atoms with Crippen molar-refractivity contribution in [3.8, 4) is 0 Å². The predicted octanol–water partition coefficient (Wildman–Crippen LogP) is 11.1. The Kier molecular flexibility index (Phi) is 29.2. The minimum atomic E-state index is -0.705. The maximum atomic E-state index is 12.5. The van der Waals surface area contributed by atoms with E-state index < -0.39 is 5.97 Å². The summed E-state index contributed by atoms with van der Waals surface area (Å²) >= 11 is 0. The molecular weight excluding hydrogens is 484 g/mol. The Hall–Kier alpha value is -1.84. The molecule has 0 saturated carbocycles. The highest BCUT2D eigenvalue weighted by molar-refractivity contribution is 5.69. The number of carbonyl (C=O) groups is 2. The van der Waals surface area contributed by atoms with Crippen molar-refractivity contribution in [1.82, 2.24) is 0 Å². The summed E-state index contributed by atoms with van der Waals surface area (Å²) in [6, 6.07) is 0. The van der Waals surface area contributed by atoms with E-state index in [1.54, 1.807) is 0 Å². The van der Waals surface area contributed by atoms with Gasteiger partial charge in [-0.2, -0.15) is 0 Å². The molecule has 0 bridgehead atoms. The van der Waals surface area contributed by atoms with Crippen molar-refractivity contribution in [1.29, 1.82) is 0 Å². The van der Waals surface area contributed by atoms with Gasteiger partial charge >= 0.3 is 11.9 Å². The summed E-state index contributed by atoms with van der Waals surface area (Å²) in [5.74, 6) is -0.725. The minimum Gasteiger partial charge on any atom is -0.481 e. The van der Waals surface area contributed by atoms with Gasteiger partial charge in [-0.3, -0.25) is 9.59 Å². The van der Waals surface area contributed by atoms with Crippen molar-refractivity contribution in [3.05, 3.63) is 36.5 Å². The van der Waals surface area contributed by atoms with Gasteiger partial charge < -0.3 is 9.84 Å². The molecule has 1 unspecified atom stereocenters. The summed E-state index contributed by atoms with van der Waals surface area (Å²) in [6.45, 7) is 4.40. The topological polar surface area (TPSA) is 63.6 Å². The Morgan fingerprint density at radius 1 is 0.590 bits per heavy atom. The monoisotopic (exact) mass is 546 g/mol. The van der Waals surface area contributed by atoms with Gasteiger partial charge in [-0.05, 0) is 70.6 Å². The molecule has 4 heteroatoms. The van der Waals surface area contributed by atoms with Gasteiger partial charge in [0.25, 0.3) is 0 Å². The lowest BCUT2D eigenvalue weighted by atomic mass is 10.0. The highest BCUT2D eigenvalue weighted by Crippen LogP contribution is 2.18. The fourth-order valence-corrected chi connectivity index (χ4v) is 4.73. The van der Waals surface area contributed by atoms with Crippen LogP contribution in [0.3, 0.4) is 0 Å². The molecule has 0 fully saturated rings. The molecule has 1 atom stereocenters. The van der Waals surface area contributed by atoms with Crippen LogP contribution in [0.25, 0.3) is 0 Å². The van der Waals surface area contributed by atoms with E-state index in [-0.39, 0.29) is 18.5 Å². The number of carbonyl (C=O) groups excluding carboxylic acids is 1. The van der Waals surface area contributed by atoms with Crippen molar-refractivity contribution in [2.75, 3.05) is 0 Å².